The maximum atomic E-state index is 13.7. The molecule has 36 heavy (non-hydrogen) atoms. The molecular formula is C22H30ClF3N4O5S. The molecule has 0 bridgehead atoms. The van der Waals surface area contributed by atoms with Crippen molar-refractivity contribution in [3.8, 4) is 0 Å². The topological polar surface area (TPSA) is 114 Å². The molecule has 0 saturated carbocycles. The van der Waals surface area contributed by atoms with Gasteiger partial charge in [0.25, 0.3) is 10.0 Å². The second-order valence-corrected chi connectivity index (χ2v) is 11.9. The van der Waals surface area contributed by atoms with E-state index in [0.717, 1.165) is 13.8 Å². The van der Waals surface area contributed by atoms with Crippen LogP contribution >= 0.6 is 11.6 Å². The number of fused-ring (bicyclic) bond motifs is 1. The minimum atomic E-state index is -4.78. The summed E-state index contributed by atoms with van der Waals surface area (Å²) in [5.74, 6) is -0.138. The Morgan fingerprint density at radius 2 is 2.06 bits per heavy atom. The second-order valence-electron chi connectivity index (χ2n) is 9.68. The predicted molar refractivity (Wildman–Crippen MR) is 125 cm³/mol. The van der Waals surface area contributed by atoms with E-state index in [2.05, 4.69) is 15.2 Å². The molecule has 3 rings (SSSR count). The lowest BCUT2D eigenvalue weighted by Crippen LogP contribution is -2.45. The Hall–Kier alpha value is -2.25. The molecule has 1 fully saturated rings. The zero-order valence-electron chi connectivity index (χ0n) is 20.4. The first-order valence-corrected chi connectivity index (χ1v) is 13.2. The number of aliphatic hydroxyl groups is 1. The highest BCUT2D eigenvalue weighted by atomic mass is 35.5. The van der Waals surface area contributed by atoms with Gasteiger partial charge >= 0.3 is 12.3 Å². The summed E-state index contributed by atoms with van der Waals surface area (Å²) in [7, 11) is -4.17. The highest BCUT2D eigenvalue weighted by molar-refractivity contribution is 7.89. The smallest absolute Gasteiger partial charge is 0.427 e. The first-order valence-electron chi connectivity index (χ1n) is 11.4. The number of rotatable bonds is 8. The van der Waals surface area contributed by atoms with Crippen LogP contribution in [-0.2, 0) is 21.3 Å². The number of nitrogens with one attached hydrogen (secondary N) is 1. The van der Waals surface area contributed by atoms with Gasteiger partial charge in [-0.25, -0.2) is 13.2 Å². The molecule has 0 radical (unpaired) electrons. The number of nitrogens with zero attached hydrogens (tertiary/aromatic N) is 3. The summed E-state index contributed by atoms with van der Waals surface area (Å²) in [6, 6.07) is 0. The second kappa shape index (κ2) is 9.90. The molecule has 1 aromatic heterocycles. The van der Waals surface area contributed by atoms with Gasteiger partial charge in [0.2, 0.25) is 5.60 Å². The van der Waals surface area contributed by atoms with Gasteiger partial charge in [0.15, 0.2) is 5.15 Å². The normalized spacial score (nSPS) is 22.7. The molecular weight excluding hydrogens is 525 g/mol. The van der Waals surface area contributed by atoms with Crippen molar-refractivity contribution < 1.29 is 36.2 Å². The third-order valence-corrected chi connectivity index (χ3v) is 8.55. The van der Waals surface area contributed by atoms with E-state index in [4.69, 9.17) is 11.6 Å². The van der Waals surface area contributed by atoms with Crippen molar-refractivity contribution in [2.75, 3.05) is 13.2 Å². The van der Waals surface area contributed by atoms with Crippen LogP contribution in [0.2, 0.25) is 5.15 Å². The number of alkyl halides is 3. The lowest BCUT2D eigenvalue weighted by atomic mass is 9.75. The van der Waals surface area contributed by atoms with Crippen LogP contribution in [0.3, 0.4) is 0 Å². The van der Waals surface area contributed by atoms with Crippen LogP contribution in [0.15, 0.2) is 34.6 Å². The molecule has 2 aliphatic rings. The van der Waals surface area contributed by atoms with Crippen LogP contribution in [0.25, 0.3) is 0 Å². The Morgan fingerprint density at radius 3 is 2.61 bits per heavy atom. The van der Waals surface area contributed by atoms with Crippen LogP contribution in [0.4, 0.5) is 18.0 Å². The fourth-order valence-corrected chi connectivity index (χ4v) is 6.54. The first-order chi connectivity index (χ1) is 16.5. The highest BCUT2D eigenvalue weighted by Gasteiger charge is 2.51. The SMILES string of the molecule is CCn1cc(S(=O)(=O)N2C[C@H](CCCO)C[C@@]3(C)C=C(NC(=O)OC(C)(C)C(F)(F)F)C=C23)c(Cl)n1. The number of aliphatic hydroxyl groups excluding tert-OH is 1. The van der Waals surface area contributed by atoms with E-state index >= 15 is 0 Å². The number of piperidine rings is 1. The first kappa shape index (κ1) is 28.3. The van der Waals surface area contributed by atoms with Gasteiger partial charge in [-0.1, -0.05) is 18.5 Å². The van der Waals surface area contributed by atoms with E-state index in [1.54, 1.807) is 19.9 Å². The van der Waals surface area contributed by atoms with Crippen molar-refractivity contribution in [1.82, 2.24) is 19.4 Å². The minimum Gasteiger partial charge on any atom is -0.434 e. The van der Waals surface area contributed by atoms with Gasteiger partial charge in [0.05, 0.1) is 0 Å². The monoisotopic (exact) mass is 554 g/mol. The van der Waals surface area contributed by atoms with Crippen molar-refractivity contribution in [3.05, 3.63) is 34.9 Å². The van der Waals surface area contributed by atoms with E-state index in [-0.39, 0.29) is 34.8 Å². The molecule has 1 amide bonds. The summed E-state index contributed by atoms with van der Waals surface area (Å²) in [5.41, 5.74) is -3.12. The molecule has 2 N–H and O–H groups in total. The Labute approximate surface area is 213 Å². The van der Waals surface area contributed by atoms with E-state index < -0.39 is 33.3 Å². The molecule has 1 aromatic rings. The number of sulfonamides is 1. The molecule has 0 unspecified atom stereocenters. The average Bonchev–Trinajstić information content (AvgIpc) is 3.29. The summed E-state index contributed by atoms with van der Waals surface area (Å²) >= 11 is 6.15. The molecule has 1 aliphatic heterocycles. The standard InChI is InChI=1S/C22H30ClF3N4O5S/c1-5-29-13-16(18(23)28-29)36(33,34)30-12-14(7-6-8-31)10-21(4)11-15(9-17(21)30)27-19(32)35-20(2,3)22(24,25)26/h9,11,13-14,31H,5-8,10,12H2,1-4H3,(H,27,32)/t14-,21+/m1/s1. The fourth-order valence-electron chi connectivity index (χ4n) is 4.43. The molecule has 9 nitrogen and oxygen atoms in total. The van der Waals surface area contributed by atoms with Crippen LogP contribution in [0.5, 0.6) is 0 Å². The van der Waals surface area contributed by atoms with Crippen molar-refractivity contribution in [3.63, 3.8) is 0 Å². The third kappa shape index (κ3) is 5.52. The average molecular weight is 555 g/mol. The zero-order chi connectivity index (χ0) is 27.1. The van der Waals surface area contributed by atoms with Crippen molar-refractivity contribution in [1.29, 1.82) is 0 Å². The fraction of sp³-hybridized carbons (Fsp3) is 0.636. The van der Waals surface area contributed by atoms with Gasteiger partial charge in [0.1, 0.15) is 4.90 Å². The van der Waals surface area contributed by atoms with E-state index in [9.17, 15) is 31.5 Å². The molecule has 2 heterocycles. The van der Waals surface area contributed by atoms with E-state index in [0.29, 0.717) is 31.5 Å². The maximum Gasteiger partial charge on any atom is 0.427 e. The summed E-state index contributed by atoms with van der Waals surface area (Å²) < 4.78 is 74.0. The molecule has 2 atom stereocenters. The number of hydrogen-bond donors (Lipinski definition) is 2. The van der Waals surface area contributed by atoms with Gasteiger partial charge in [-0.15, -0.1) is 0 Å². The number of aryl methyl sites for hydroxylation is 1. The molecule has 1 saturated heterocycles. The van der Waals surface area contributed by atoms with Crippen molar-refractivity contribution >= 4 is 27.7 Å². The number of allylic oxidation sites excluding steroid dienone is 2. The van der Waals surface area contributed by atoms with Crippen LogP contribution in [-0.4, -0.2) is 58.6 Å². The lowest BCUT2D eigenvalue weighted by molar-refractivity contribution is -0.243. The Kier molecular flexibility index (Phi) is 7.79. The Morgan fingerprint density at radius 1 is 1.39 bits per heavy atom. The third-order valence-electron chi connectivity index (χ3n) is 6.38. The Bertz CT molecular complexity index is 1180. The lowest BCUT2D eigenvalue weighted by Gasteiger charge is -2.43. The molecule has 0 spiro atoms. The van der Waals surface area contributed by atoms with Gasteiger partial charge in [-0.2, -0.15) is 18.3 Å². The number of aromatic nitrogens is 2. The molecule has 202 valence electrons. The summed E-state index contributed by atoms with van der Waals surface area (Å²) in [6.45, 7) is 5.48. The maximum absolute atomic E-state index is 13.7. The summed E-state index contributed by atoms with van der Waals surface area (Å²) in [5, 5.41) is 15.4. The van der Waals surface area contributed by atoms with Crippen LogP contribution < -0.4 is 5.32 Å². The van der Waals surface area contributed by atoms with Crippen molar-refractivity contribution in [2.45, 2.75) is 70.2 Å². The Balaban J connectivity index is 1.95. The van der Waals surface area contributed by atoms with E-state index in [1.807, 2.05) is 0 Å². The number of carbonyl (C=O) groups is 1. The zero-order valence-corrected chi connectivity index (χ0v) is 22.0. The summed E-state index contributed by atoms with van der Waals surface area (Å²) in [4.78, 5) is 12.1. The van der Waals surface area contributed by atoms with Gasteiger partial charge < -0.3 is 9.84 Å². The largest absolute Gasteiger partial charge is 0.434 e. The quantitative estimate of drug-likeness (QED) is 0.498. The van der Waals surface area contributed by atoms with Gasteiger partial charge in [-0.05, 0) is 58.1 Å². The van der Waals surface area contributed by atoms with Crippen LogP contribution in [0.1, 0.15) is 47.0 Å². The number of carbonyl (C=O) groups excluding carboxylic acids is 1. The number of ether oxygens (including phenoxy) is 1. The summed E-state index contributed by atoms with van der Waals surface area (Å²) in [6.07, 6.45) is -0.219. The van der Waals surface area contributed by atoms with E-state index in [1.165, 1.54) is 21.3 Å². The number of halogens is 4. The molecule has 14 heteroatoms. The predicted octanol–water partition coefficient (Wildman–Crippen LogP) is 4.19. The van der Waals surface area contributed by atoms with Gasteiger partial charge in [0, 0.05) is 42.7 Å². The minimum absolute atomic E-state index is 0.0543. The van der Waals surface area contributed by atoms with Crippen molar-refractivity contribution in [2.24, 2.45) is 11.3 Å². The number of amides is 1. The molecule has 0 aromatic carbocycles. The number of alkyl carbamates (subject to hydrolysis) is 1. The number of hydrogen-bond acceptors (Lipinski definition) is 6. The van der Waals surface area contributed by atoms with Gasteiger partial charge in [-0.3, -0.25) is 14.3 Å². The highest BCUT2D eigenvalue weighted by Crippen LogP contribution is 2.49. The molecule has 1 aliphatic carbocycles. The van der Waals surface area contributed by atoms with Crippen LogP contribution in [0, 0.1) is 11.3 Å².